The fourth-order valence-electron chi connectivity index (χ4n) is 2.92. The molecule has 0 fully saturated rings. The van der Waals surface area contributed by atoms with Gasteiger partial charge in [-0.3, -0.25) is 0 Å². The molecule has 20 heavy (non-hydrogen) atoms. The topological polar surface area (TPSA) is 72.6 Å². The van der Waals surface area contributed by atoms with Crippen LogP contribution in [0.1, 0.15) is 67.7 Å². The Labute approximate surface area is 124 Å². The van der Waals surface area contributed by atoms with Crippen LogP contribution in [0, 0.1) is 5.41 Å². The van der Waals surface area contributed by atoms with Crippen LogP contribution in [0.25, 0.3) is 0 Å². The predicted molar refractivity (Wildman–Crippen MR) is 82.6 cm³/mol. The number of aldehydes is 1. The fraction of sp³-hybridized carbons (Fsp3) is 0.938. The van der Waals surface area contributed by atoms with Gasteiger partial charge in [-0.05, 0) is 59.3 Å². The largest absolute Gasteiger partial charge is 0.390 e. The first-order valence-electron chi connectivity index (χ1n) is 7.30. The number of carbonyl (C=O) groups is 1. The number of aliphatic hydroxyl groups is 1. The van der Waals surface area contributed by atoms with Gasteiger partial charge in [-0.1, -0.05) is 13.8 Å². The first-order valence-corrected chi connectivity index (χ1v) is 7.30. The molecular weight excluding hydrogens is 254 g/mol. The molecule has 0 aliphatic carbocycles. The summed E-state index contributed by atoms with van der Waals surface area (Å²) < 4.78 is 5.90. The fourth-order valence-corrected chi connectivity index (χ4v) is 2.92. The van der Waals surface area contributed by atoms with E-state index in [1.54, 1.807) is 20.8 Å². The van der Waals surface area contributed by atoms with Crippen molar-refractivity contribution in [2.75, 3.05) is 6.61 Å². The number of nitrogens with two attached hydrogens (primary N) is 1. The number of rotatable bonds is 9. The van der Waals surface area contributed by atoms with Crippen molar-refractivity contribution >= 4 is 6.29 Å². The zero-order valence-corrected chi connectivity index (χ0v) is 14.2. The van der Waals surface area contributed by atoms with Crippen molar-refractivity contribution in [2.45, 2.75) is 84.5 Å². The summed E-state index contributed by atoms with van der Waals surface area (Å²) in [4.78, 5) is 11.0. The third-order valence-corrected chi connectivity index (χ3v) is 3.24. The molecule has 1 atom stereocenters. The van der Waals surface area contributed by atoms with Gasteiger partial charge in [0, 0.05) is 0 Å². The highest BCUT2D eigenvalue weighted by molar-refractivity contribution is 5.62. The van der Waals surface area contributed by atoms with Crippen molar-refractivity contribution in [3.63, 3.8) is 0 Å². The van der Waals surface area contributed by atoms with E-state index in [0.29, 0.717) is 19.4 Å². The molecule has 0 spiro atoms. The molecule has 0 aliphatic rings. The van der Waals surface area contributed by atoms with Crippen molar-refractivity contribution in [3.05, 3.63) is 0 Å². The maximum atomic E-state index is 11.0. The highest BCUT2D eigenvalue weighted by Gasteiger charge is 2.34. The molecule has 0 saturated heterocycles. The van der Waals surface area contributed by atoms with Crippen LogP contribution in [0.15, 0.2) is 0 Å². The minimum atomic E-state index is -0.799. The Balaban J connectivity index is 4.46. The van der Waals surface area contributed by atoms with E-state index in [1.807, 2.05) is 13.8 Å². The minimum Gasteiger partial charge on any atom is -0.390 e. The summed E-state index contributed by atoms with van der Waals surface area (Å²) in [6.07, 6.45) is 2.82. The molecular formula is C16H33NO3. The average Bonchev–Trinajstić information content (AvgIpc) is 2.10. The number of carbonyl (C=O) groups excluding carboxylic acids is 1. The second kappa shape index (κ2) is 6.54. The van der Waals surface area contributed by atoms with E-state index >= 15 is 0 Å². The predicted octanol–water partition coefficient (Wildman–Crippen LogP) is 2.67. The van der Waals surface area contributed by atoms with E-state index in [4.69, 9.17) is 10.5 Å². The Morgan fingerprint density at radius 2 is 1.55 bits per heavy atom. The van der Waals surface area contributed by atoms with Gasteiger partial charge in [-0.25, -0.2) is 0 Å². The summed E-state index contributed by atoms with van der Waals surface area (Å²) in [5, 5.41) is 9.70. The van der Waals surface area contributed by atoms with E-state index in [1.165, 1.54) is 0 Å². The van der Waals surface area contributed by atoms with Gasteiger partial charge in [0.2, 0.25) is 0 Å². The van der Waals surface area contributed by atoms with Gasteiger partial charge in [-0.2, -0.15) is 0 Å². The van der Waals surface area contributed by atoms with Gasteiger partial charge in [0.05, 0.1) is 23.3 Å². The Morgan fingerprint density at radius 3 is 1.95 bits per heavy atom. The van der Waals surface area contributed by atoms with E-state index < -0.39 is 11.1 Å². The molecule has 0 heterocycles. The molecule has 3 N–H and O–H groups in total. The number of hydrogen-bond acceptors (Lipinski definition) is 4. The van der Waals surface area contributed by atoms with E-state index in [-0.39, 0.29) is 11.0 Å². The monoisotopic (exact) mass is 287 g/mol. The van der Waals surface area contributed by atoms with Crippen LogP contribution in [0.2, 0.25) is 0 Å². The lowest BCUT2D eigenvalue weighted by atomic mass is 9.74. The van der Waals surface area contributed by atoms with Crippen LogP contribution in [-0.2, 0) is 9.53 Å². The van der Waals surface area contributed by atoms with Gasteiger partial charge < -0.3 is 20.4 Å². The third kappa shape index (κ3) is 9.45. The molecule has 0 radical (unpaired) electrons. The van der Waals surface area contributed by atoms with Crippen molar-refractivity contribution in [2.24, 2.45) is 11.1 Å². The lowest BCUT2D eigenvalue weighted by molar-refractivity contribution is -0.113. The first kappa shape index (κ1) is 19.6. The van der Waals surface area contributed by atoms with Crippen LogP contribution in [0.4, 0.5) is 0 Å². The maximum absolute atomic E-state index is 11.0. The summed E-state index contributed by atoms with van der Waals surface area (Å²) in [5.41, 5.74) is 4.02. The van der Waals surface area contributed by atoms with Crippen LogP contribution in [-0.4, -0.2) is 34.7 Å². The van der Waals surface area contributed by atoms with Gasteiger partial charge in [0.25, 0.3) is 0 Å². The summed E-state index contributed by atoms with van der Waals surface area (Å²) >= 11 is 0. The molecule has 1 unspecified atom stereocenters. The molecule has 120 valence electrons. The zero-order valence-electron chi connectivity index (χ0n) is 14.2. The lowest BCUT2D eigenvalue weighted by Gasteiger charge is -2.38. The van der Waals surface area contributed by atoms with Crippen molar-refractivity contribution < 1.29 is 14.6 Å². The molecule has 0 bridgehead atoms. The minimum absolute atomic E-state index is 0.0946. The SMILES string of the molecule is CC(C)(O)CCOC(C)(C)CC(C)(C)CC(C)(N)C=O. The van der Waals surface area contributed by atoms with Crippen LogP contribution in [0.5, 0.6) is 0 Å². The Kier molecular flexibility index (Phi) is 6.40. The molecule has 0 rings (SSSR count). The summed E-state index contributed by atoms with van der Waals surface area (Å²) in [6, 6.07) is 0. The Hall–Kier alpha value is -0.450. The van der Waals surface area contributed by atoms with E-state index in [2.05, 4.69) is 13.8 Å². The molecule has 4 nitrogen and oxygen atoms in total. The van der Waals surface area contributed by atoms with Crippen molar-refractivity contribution in [1.82, 2.24) is 0 Å². The van der Waals surface area contributed by atoms with Gasteiger partial charge >= 0.3 is 0 Å². The molecule has 0 amide bonds. The van der Waals surface area contributed by atoms with Crippen LogP contribution < -0.4 is 5.73 Å². The average molecular weight is 287 g/mol. The van der Waals surface area contributed by atoms with E-state index in [9.17, 15) is 9.90 Å². The Bertz CT molecular complexity index is 314. The zero-order chi connectivity index (χ0) is 16.2. The van der Waals surface area contributed by atoms with Gasteiger partial charge in [0.1, 0.15) is 6.29 Å². The summed E-state index contributed by atoms with van der Waals surface area (Å²) in [7, 11) is 0. The lowest BCUT2D eigenvalue weighted by Crippen LogP contribution is -2.44. The first-order chi connectivity index (χ1) is 8.68. The quantitative estimate of drug-likeness (QED) is 0.639. The highest BCUT2D eigenvalue weighted by atomic mass is 16.5. The van der Waals surface area contributed by atoms with Crippen molar-refractivity contribution in [1.29, 1.82) is 0 Å². The molecule has 0 aromatic carbocycles. The molecule has 0 aromatic rings. The molecule has 0 aliphatic heterocycles. The van der Waals surface area contributed by atoms with Crippen molar-refractivity contribution in [3.8, 4) is 0 Å². The summed E-state index contributed by atoms with van der Waals surface area (Å²) in [5.74, 6) is 0. The number of ether oxygens (including phenoxy) is 1. The standard InChI is InChI=1S/C16H33NO3/c1-13(2,11-16(7,17)12-18)10-15(5,6)20-9-8-14(3,4)19/h12,19H,8-11,17H2,1-7H3. The molecule has 0 aromatic heterocycles. The van der Waals surface area contributed by atoms with E-state index in [0.717, 1.165) is 12.7 Å². The molecule has 0 saturated carbocycles. The Morgan fingerprint density at radius 1 is 1.05 bits per heavy atom. The normalized spacial score (nSPS) is 16.9. The maximum Gasteiger partial charge on any atom is 0.139 e. The van der Waals surface area contributed by atoms with Crippen LogP contribution >= 0.6 is 0 Å². The van der Waals surface area contributed by atoms with Crippen LogP contribution in [0.3, 0.4) is 0 Å². The number of hydrogen-bond donors (Lipinski definition) is 2. The second-order valence-electron chi connectivity index (χ2n) is 8.31. The molecule has 4 heteroatoms. The smallest absolute Gasteiger partial charge is 0.139 e. The van der Waals surface area contributed by atoms with Gasteiger partial charge in [-0.15, -0.1) is 0 Å². The summed E-state index contributed by atoms with van der Waals surface area (Å²) in [6.45, 7) is 14.1. The third-order valence-electron chi connectivity index (χ3n) is 3.24. The second-order valence-corrected chi connectivity index (χ2v) is 8.31. The van der Waals surface area contributed by atoms with Gasteiger partial charge in [0.15, 0.2) is 0 Å². The highest BCUT2D eigenvalue weighted by Crippen LogP contribution is 2.36.